The van der Waals surface area contributed by atoms with Gasteiger partial charge >= 0.3 is 0 Å². The number of benzene rings is 1. The van der Waals surface area contributed by atoms with Crippen LogP contribution in [0, 0.1) is 5.92 Å². The summed E-state index contributed by atoms with van der Waals surface area (Å²) in [6.45, 7) is 8.86. The van der Waals surface area contributed by atoms with E-state index in [-0.39, 0.29) is 5.60 Å². The van der Waals surface area contributed by atoms with E-state index in [2.05, 4.69) is 39.8 Å². The molecular formula is C20H26O2. The Bertz CT molecular complexity index is 654. The highest BCUT2D eigenvalue weighted by Crippen LogP contribution is 2.63. The maximum Gasteiger partial charge on any atom is 0.134 e. The maximum atomic E-state index is 6.40. The summed E-state index contributed by atoms with van der Waals surface area (Å²) in [5, 5.41) is 0. The van der Waals surface area contributed by atoms with Gasteiger partial charge in [-0.3, -0.25) is 0 Å². The first-order chi connectivity index (χ1) is 10.5. The fraction of sp³-hybridized carbons (Fsp3) is 0.600. The standard InChI is InChI=1S/C20H26O2/c1-5-6-7-8-13-9-16-19-17(10-13)22-20(3,4)15-11-14(18(15)19)12(2)21-16/h9-10,15,18H,5-8,11H2,1-4H3. The Morgan fingerprint density at radius 1 is 1.18 bits per heavy atom. The third-order valence-corrected chi connectivity index (χ3v) is 5.74. The van der Waals surface area contributed by atoms with Gasteiger partial charge in [0.25, 0.3) is 0 Å². The lowest BCUT2D eigenvalue weighted by Crippen LogP contribution is -2.51. The molecule has 0 aromatic heterocycles. The van der Waals surface area contributed by atoms with Gasteiger partial charge in [0.15, 0.2) is 0 Å². The van der Waals surface area contributed by atoms with Crippen molar-refractivity contribution in [3.63, 3.8) is 0 Å². The molecule has 2 aliphatic heterocycles. The average Bonchev–Trinajstić information content (AvgIpc) is 2.38. The molecule has 0 amide bonds. The van der Waals surface area contributed by atoms with Gasteiger partial charge < -0.3 is 9.47 Å². The van der Waals surface area contributed by atoms with Crippen molar-refractivity contribution in [2.75, 3.05) is 0 Å². The van der Waals surface area contributed by atoms with E-state index in [1.807, 2.05) is 0 Å². The van der Waals surface area contributed by atoms with Crippen molar-refractivity contribution in [1.82, 2.24) is 0 Å². The van der Waals surface area contributed by atoms with Crippen LogP contribution in [0.2, 0.25) is 0 Å². The van der Waals surface area contributed by atoms with Crippen LogP contribution >= 0.6 is 0 Å². The first kappa shape index (κ1) is 14.2. The second kappa shape index (κ2) is 4.78. The molecule has 2 atom stereocenters. The van der Waals surface area contributed by atoms with Crippen molar-refractivity contribution in [2.45, 2.75) is 71.3 Å². The molecule has 22 heavy (non-hydrogen) atoms. The van der Waals surface area contributed by atoms with E-state index in [9.17, 15) is 0 Å². The second-order valence-corrected chi connectivity index (χ2v) is 7.64. The van der Waals surface area contributed by atoms with E-state index in [1.165, 1.54) is 36.0 Å². The van der Waals surface area contributed by atoms with Gasteiger partial charge in [-0.05, 0) is 63.3 Å². The predicted molar refractivity (Wildman–Crippen MR) is 88.6 cm³/mol. The average molecular weight is 298 g/mol. The lowest BCUT2D eigenvalue weighted by atomic mass is 9.57. The van der Waals surface area contributed by atoms with Crippen LogP contribution < -0.4 is 9.47 Å². The van der Waals surface area contributed by atoms with E-state index < -0.39 is 0 Å². The minimum atomic E-state index is -0.0713. The lowest BCUT2D eigenvalue weighted by molar-refractivity contribution is -0.0129. The third-order valence-electron chi connectivity index (χ3n) is 5.74. The molecule has 0 radical (unpaired) electrons. The predicted octanol–water partition coefficient (Wildman–Crippen LogP) is 5.36. The van der Waals surface area contributed by atoms with Crippen molar-refractivity contribution >= 4 is 0 Å². The van der Waals surface area contributed by atoms with E-state index in [0.717, 1.165) is 30.1 Å². The number of hydrogen-bond acceptors (Lipinski definition) is 2. The van der Waals surface area contributed by atoms with Crippen molar-refractivity contribution in [3.05, 3.63) is 34.6 Å². The van der Waals surface area contributed by atoms with Crippen molar-refractivity contribution in [2.24, 2.45) is 5.92 Å². The molecule has 1 aromatic rings. The summed E-state index contributed by atoms with van der Waals surface area (Å²) in [6.07, 6.45) is 6.02. The van der Waals surface area contributed by atoms with Crippen LogP contribution in [-0.2, 0) is 6.42 Å². The molecule has 1 saturated carbocycles. The SMILES string of the molecule is CCCCCc1cc2c3c(c1)OC(C)(C)C1CC(=C(C)O2)C31. The van der Waals surface area contributed by atoms with Gasteiger partial charge in [0.2, 0.25) is 0 Å². The van der Waals surface area contributed by atoms with Crippen molar-refractivity contribution in [1.29, 1.82) is 0 Å². The number of aryl methyl sites for hydroxylation is 1. The summed E-state index contributed by atoms with van der Waals surface area (Å²) in [5.41, 5.74) is 4.09. The summed E-state index contributed by atoms with van der Waals surface area (Å²) in [5.74, 6) is 4.38. The maximum absolute atomic E-state index is 6.40. The Morgan fingerprint density at radius 2 is 1.95 bits per heavy atom. The molecule has 2 heteroatoms. The number of hydrogen-bond donors (Lipinski definition) is 0. The monoisotopic (exact) mass is 298 g/mol. The molecule has 0 N–H and O–H groups in total. The van der Waals surface area contributed by atoms with Gasteiger partial charge in [-0.15, -0.1) is 0 Å². The number of ether oxygens (including phenoxy) is 2. The van der Waals surface area contributed by atoms with Crippen LogP contribution in [0.5, 0.6) is 11.5 Å². The van der Waals surface area contributed by atoms with Crippen molar-refractivity contribution in [3.8, 4) is 11.5 Å². The van der Waals surface area contributed by atoms with Crippen LogP contribution in [0.1, 0.15) is 70.4 Å². The number of rotatable bonds is 4. The van der Waals surface area contributed by atoms with Gasteiger partial charge in [-0.2, -0.15) is 0 Å². The van der Waals surface area contributed by atoms with Crippen molar-refractivity contribution < 1.29 is 9.47 Å². The Morgan fingerprint density at radius 3 is 2.73 bits per heavy atom. The largest absolute Gasteiger partial charge is 0.487 e. The minimum absolute atomic E-state index is 0.0713. The Kier molecular flexibility index (Phi) is 3.08. The smallest absolute Gasteiger partial charge is 0.134 e. The molecular weight excluding hydrogens is 272 g/mol. The fourth-order valence-electron chi connectivity index (χ4n) is 4.39. The van der Waals surface area contributed by atoms with Crippen LogP contribution in [0.3, 0.4) is 0 Å². The quantitative estimate of drug-likeness (QED) is 0.697. The molecule has 1 fully saturated rings. The van der Waals surface area contributed by atoms with E-state index in [0.29, 0.717) is 11.8 Å². The zero-order valence-electron chi connectivity index (χ0n) is 14.2. The van der Waals surface area contributed by atoms with Gasteiger partial charge in [0, 0.05) is 17.4 Å². The normalized spacial score (nSPS) is 26.7. The van der Waals surface area contributed by atoms with Crippen LogP contribution in [-0.4, -0.2) is 5.60 Å². The molecule has 0 spiro atoms. The molecule has 2 nitrogen and oxygen atoms in total. The topological polar surface area (TPSA) is 18.5 Å². The second-order valence-electron chi connectivity index (χ2n) is 7.64. The summed E-state index contributed by atoms with van der Waals surface area (Å²) < 4.78 is 12.5. The zero-order valence-corrected chi connectivity index (χ0v) is 14.2. The highest BCUT2D eigenvalue weighted by atomic mass is 16.5. The first-order valence-electron chi connectivity index (χ1n) is 8.74. The third kappa shape index (κ3) is 1.92. The fourth-order valence-corrected chi connectivity index (χ4v) is 4.39. The Hall–Kier alpha value is -1.44. The zero-order chi connectivity index (χ0) is 15.5. The summed E-state index contributed by atoms with van der Waals surface area (Å²) >= 11 is 0. The van der Waals surface area contributed by atoms with Gasteiger partial charge in [0.05, 0.1) is 0 Å². The van der Waals surface area contributed by atoms with Gasteiger partial charge in [-0.25, -0.2) is 0 Å². The van der Waals surface area contributed by atoms with E-state index >= 15 is 0 Å². The summed E-state index contributed by atoms with van der Waals surface area (Å²) in [6, 6.07) is 4.53. The molecule has 3 aliphatic rings. The summed E-state index contributed by atoms with van der Waals surface area (Å²) in [7, 11) is 0. The van der Waals surface area contributed by atoms with Crippen LogP contribution in [0.4, 0.5) is 0 Å². The first-order valence-corrected chi connectivity index (χ1v) is 8.74. The lowest BCUT2D eigenvalue weighted by Gasteiger charge is -2.55. The van der Waals surface area contributed by atoms with Crippen LogP contribution in [0.15, 0.2) is 23.5 Å². The molecule has 0 bridgehead atoms. The molecule has 118 valence electrons. The molecule has 1 aromatic carbocycles. The molecule has 0 saturated heterocycles. The Balaban J connectivity index is 1.75. The summed E-state index contributed by atoms with van der Waals surface area (Å²) in [4.78, 5) is 0. The molecule has 2 heterocycles. The molecule has 2 unspecified atom stereocenters. The van der Waals surface area contributed by atoms with Crippen LogP contribution in [0.25, 0.3) is 0 Å². The highest BCUT2D eigenvalue weighted by Gasteiger charge is 2.55. The van der Waals surface area contributed by atoms with Gasteiger partial charge in [-0.1, -0.05) is 19.8 Å². The van der Waals surface area contributed by atoms with E-state index in [1.54, 1.807) is 0 Å². The molecule has 1 aliphatic carbocycles. The van der Waals surface area contributed by atoms with Gasteiger partial charge in [0.1, 0.15) is 22.9 Å². The Labute approximate surface area is 133 Å². The van der Waals surface area contributed by atoms with E-state index in [4.69, 9.17) is 9.47 Å². The minimum Gasteiger partial charge on any atom is -0.487 e. The number of unbranched alkanes of at least 4 members (excludes halogenated alkanes) is 2. The number of allylic oxidation sites excluding steroid dienone is 2. The molecule has 4 rings (SSSR count). The highest BCUT2D eigenvalue weighted by molar-refractivity contribution is 5.60.